The zero-order valence-electron chi connectivity index (χ0n) is 74.9. The van der Waals surface area contributed by atoms with Gasteiger partial charge in [0.25, 0.3) is 5.56 Å². The summed E-state index contributed by atoms with van der Waals surface area (Å²) >= 11 is 0. The van der Waals surface area contributed by atoms with Crippen molar-refractivity contribution in [3.05, 3.63) is 162 Å². The summed E-state index contributed by atoms with van der Waals surface area (Å²) in [6.45, 7) is 20.3. The van der Waals surface area contributed by atoms with E-state index >= 15 is 8.78 Å². The van der Waals surface area contributed by atoms with E-state index < -0.39 is 162 Å². The summed E-state index contributed by atoms with van der Waals surface area (Å²) in [4.78, 5) is 157. The molecule has 7 aromatic rings. The molecule has 13 rings (SSSR count). The minimum atomic E-state index is -3.02. The number of benzene rings is 5. The number of para-hydroxylation sites is 4. The molecule has 6 fully saturated rings. The normalized spacial score (nSPS) is 23.6. The van der Waals surface area contributed by atoms with Gasteiger partial charge in [0, 0.05) is 69.2 Å². The van der Waals surface area contributed by atoms with Crippen LogP contribution in [-0.2, 0) is 66.8 Å². The van der Waals surface area contributed by atoms with E-state index in [0.29, 0.717) is 36.7 Å². The summed E-state index contributed by atoms with van der Waals surface area (Å²) in [6, 6.07) is 45.0. The topological polar surface area (TPSA) is 370 Å². The minimum absolute atomic E-state index is 0.0254. The summed E-state index contributed by atoms with van der Waals surface area (Å²) in [5, 5.41) is 23.1. The number of ether oxygens (including phenoxy) is 7. The van der Waals surface area contributed by atoms with Gasteiger partial charge in [0.05, 0.1) is 96.8 Å². The molecular formula is C95H120F4N9O19P. The number of esters is 4. The molecule has 0 bridgehead atoms. The number of carbonyl (C=O) groups excluding carboxylic acids is 10. The number of alkyl halides is 4. The summed E-state index contributed by atoms with van der Waals surface area (Å²) in [5.74, 6) is -13.5. The number of fused-ring (bicyclic) bond motifs is 6. The molecule has 3 N–H and O–H groups in total. The quantitative estimate of drug-likeness (QED) is 0.0282. The third-order valence-electron chi connectivity index (χ3n) is 22.0. The van der Waals surface area contributed by atoms with E-state index in [1.807, 2.05) is 42.5 Å². The van der Waals surface area contributed by atoms with Crippen LogP contribution in [0.2, 0.25) is 0 Å². The number of aliphatic hydroxyl groups excluding tert-OH is 1. The summed E-state index contributed by atoms with van der Waals surface area (Å²) in [5.41, 5.74) is -1.71. The Morgan fingerprint density at radius 1 is 0.547 bits per heavy atom. The molecule has 4 saturated heterocycles. The molecule has 6 aliphatic rings. The fraction of sp³-hybridized carbons (Fsp3) is 0.537. The summed E-state index contributed by atoms with van der Waals surface area (Å²) in [6.07, 6.45) is -0.798. The molecule has 2 saturated carbocycles. The van der Waals surface area contributed by atoms with E-state index in [9.17, 15) is 66.6 Å². The Hall–Kier alpha value is -11.0. The van der Waals surface area contributed by atoms with Gasteiger partial charge < -0.3 is 58.4 Å². The van der Waals surface area contributed by atoms with Crippen molar-refractivity contribution in [1.29, 1.82) is 0 Å². The van der Waals surface area contributed by atoms with Crippen molar-refractivity contribution in [2.24, 2.45) is 39.3 Å². The van der Waals surface area contributed by atoms with Gasteiger partial charge in [-0.15, -0.1) is 0 Å². The number of hydrogen-bond acceptors (Lipinski definition) is 22. The zero-order chi connectivity index (χ0) is 93.3. The van der Waals surface area contributed by atoms with Gasteiger partial charge in [-0.1, -0.05) is 151 Å². The van der Waals surface area contributed by atoms with Crippen LogP contribution in [-0.4, -0.2) is 186 Å². The van der Waals surface area contributed by atoms with Crippen LogP contribution in [0.1, 0.15) is 205 Å². The van der Waals surface area contributed by atoms with Crippen molar-refractivity contribution in [2.75, 3.05) is 26.3 Å². The first-order valence-electron chi connectivity index (χ1n) is 43.9. The number of nitrogens with zero attached hydrogens (tertiary/aromatic N) is 7. The molecule has 6 heterocycles. The molecule has 0 spiro atoms. The van der Waals surface area contributed by atoms with Crippen molar-refractivity contribution in [1.82, 2.24) is 35.1 Å². The van der Waals surface area contributed by atoms with E-state index in [1.165, 1.54) is 38.1 Å². The number of ketones is 1. The first-order valence-corrected chi connectivity index (χ1v) is 45.2. The lowest BCUT2D eigenvalue weighted by Gasteiger charge is -2.30. The number of nitrogens with one attached hydrogen (secondary N) is 2. The lowest BCUT2D eigenvalue weighted by molar-refractivity contribution is -0.159. The van der Waals surface area contributed by atoms with Crippen molar-refractivity contribution in [3.63, 3.8) is 0 Å². The molecule has 0 unspecified atom stereocenters. The third kappa shape index (κ3) is 30.3. The predicted octanol–water partition coefficient (Wildman–Crippen LogP) is 15.5. The third-order valence-corrected chi connectivity index (χ3v) is 24.5. The number of halogens is 4. The van der Waals surface area contributed by atoms with Crippen LogP contribution in [0.3, 0.4) is 0 Å². The highest BCUT2D eigenvalue weighted by molar-refractivity contribution is 7.79. The van der Waals surface area contributed by atoms with Gasteiger partial charge in [-0.2, -0.15) is 0 Å². The number of H-pyrrole nitrogens is 1. The molecular weight excluding hydrogens is 1680 g/mol. The first kappa shape index (κ1) is 101. The Kier molecular flexibility index (Phi) is 36.1. The van der Waals surface area contributed by atoms with Crippen molar-refractivity contribution >= 4 is 105 Å². The minimum Gasteiger partial charge on any atom is -0.471 e. The second kappa shape index (κ2) is 45.8. The Balaban J connectivity index is 0.000000200. The highest BCUT2D eigenvalue weighted by Gasteiger charge is 2.66. The van der Waals surface area contributed by atoms with E-state index in [0.717, 1.165) is 11.0 Å². The van der Waals surface area contributed by atoms with Crippen molar-refractivity contribution in [3.8, 4) is 5.88 Å². The Morgan fingerprint density at radius 3 is 1.51 bits per heavy atom. The number of aromatic amines is 1. The van der Waals surface area contributed by atoms with Crippen molar-refractivity contribution in [2.45, 2.75) is 270 Å². The lowest BCUT2D eigenvalue weighted by Crippen LogP contribution is -2.54. The average Bonchev–Trinajstić information content (AvgIpc) is 1.57. The van der Waals surface area contributed by atoms with Gasteiger partial charge in [-0.25, -0.2) is 46.9 Å². The van der Waals surface area contributed by atoms with Gasteiger partial charge in [0.15, 0.2) is 5.78 Å². The van der Waals surface area contributed by atoms with Crippen LogP contribution in [0.5, 0.6) is 5.88 Å². The Bertz CT molecular complexity index is 4900. The number of hydrogen-bond donors (Lipinski definition) is 3. The first-order chi connectivity index (χ1) is 60.6. The van der Waals surface area contributed by atoms with E-state index in [2.05, 4.69) is 136 Å². The molecule has 5 amide bonds. The monoisotopic (exact) mass is 1800 g/mol. The smallest absolute Gasteiger partial charge is 0.452 e. The van der Waals surface area contributed by atoms with Crippen LogP contribution in [0.4, 0.5) is 27.2 Å². The molecule has 4 aliphatic heterocycles. The second-order valence-corrected chi connectivity index (χ2v) is 37.8. The Labute approximate surface area is 744 Å². The van der Waals surface area contributed by atoms with E-state index in [-0.39, 0.29) is 133 Å². The maximum Gasteiger partial charge on any atom is 0.452 e. The standard InChI is InChI=1S/C35H45F2N3O7.C26H40F2N2O7.C18H15P.C8H14N2O4.C8H6N2O/c1-5-45-32(44)34-17-23(34)18-35(36,37)14-10-6-7-11-22(15-30(42)47-33(2,3)4)31(43)40-21-24(16-27(40)28(41)19-34)46-29-20-38-25-12-8-9-13-26(25)39-29;1-5-36-23(35)26-14-17(26)13-25(27,28)10-8-6-7-9-16(11-20(32)37-24(2,3)4)22(34)30-15-18(31)12-19(30)21(33)29-26;1-4-10-16(11-5-1)19(17-12-6-2-7-13-17)18-14-8-3-9-15-18;1-5(2)13-7(11)9-10-8(12)14-6(3)4;11-8-5-9-6-3-1-2-4-7(6)10-8/h8-9,12-13,20,22-24,27H,5-7,10-11,14-19,21H2,1-4H3;16-19,31H,5-15H2,1-4H3,(H,29,33);1-15H;5-6H,1-4H3;1-5H,(H,10,11)/t22-,23+,24-,27+,34-;16-,17-,18+,19+,26-;;;/m11.../s1. The van der Waals surface area contributed by atoms with Crippen LogP contribution < -0.4 is 31.5 Å². The van der Waals surface area contributed by atoms with Gasteiger partial charge in [-0.05, 0) is 176 Å². The maximum absolute atomic E-state index is 15.1. The molecule has 2 aromatic heterocycles. The van der Waals surface area contributed by atoms with Gasteiger partial charge in [-0.3, -0.25) is 38.4 Å². The van der Waals surface area contributed by atoms with Gasteiger partial charge >= 0.3 is 36.1 Å². The fourth-order valence-corrected chi connectivity index (χ4v) is 18.5. The molecule has 692 valence electrons. The maximum atomic E-state index is 15.1. The van der Waals surface area contributed by atoms with E-state index in [4.69, 9.17) is 23.7 Å². The number of azo groups is 1. The van der Waals surface area contributed by atoms with Crippen LogP contribution in [0, 0.1) is 29.1 Å². The summed E-state index contributed by atoms with van der Waals surface area (Å²) < 4.78 is 96.4. The van der Waals surface area contributed by atoms with Crippen molar-refractivity contribution < 1.29 is 104 Å². The highest BCUT2D eigenvalue weighted by atomic mass is 31.1. The molecule has 128 heavy (non-hydrogen) atoms. The lowest BCUT2D eigenvalue weighted by atomic mass is 9.90. The zero-order valence-corrected chi connectivity index (χ0v) is 75.8. The Morgan fingerprint density at radius 2 is 1.01 bits per heavy atom. The number of Topliss-reactive ketones (excluding diaryl/α,β-unsaturated/α-hetero) is 1. The average molecular weight is 1800 g/mol. The molecule has 10 atom stereocenters. The largest absolute Gasteiger partial charge is 0.471 e. The second-order valence-electron chi connectivity index (χ2n) is 35.5. The highest BCUT2D eigenvalue weighted by Crippen LogP contribution is 2.61. The molecule has 0 radical (unpaired) electrons. The molecule has 28 nitrogen and oxygen atoms in total. The molecule has 33 heteroatoms. The van der Waals surface area contributed by atoms with Crippen LogP contribution in [0.15, 0.2) is 167 Å². The van der Waals surface area contributed by atoms with Gasteiger partial charge in [0.2, 0.25) is 35.4 Å². The number of carbonyl (C=O) groups is 10. The summed E-state index contributed by atoms with van der Waals surface area (Å²) in [7, 11) is -0.446. The number of rotatable bonds is 15. The van der Waals surface area contributed by atoms with E-state index in [1.54, 1.807) is 89.2 Å². The number of aliphatic hydroxyl groups is 1. The van der Waals surface area contributed by atoms with Crippen LogP contribution >= 0.6 is 7.92 Å². The number of amides is 5. The SMILES string of the molecule is CC(C)OC(=O)N=NC(=O)OC(C)C.CCOC(=O)[C@@]12C[C@H]1CC(F)(F)CCCCC[C@H](CC(=O)OC(C)(C)C)C(=O)N1C[C@@H](O)C[C@H]1C(=O)N2.CCOC(=O)[C@]12CC(=O)[C@@H]3C[C@@H](Oc4cnc5ccccc5n4)CN3C(=O)[C@@H](CC(=O)OC(C)(C)C)CCCCCC(F)(F)C[C@@H]1C2.O=c1cnc2ccccc2[nH]1.c1ccc(P(c2ccccc2)c2ccccc2)cc1. The van der Waals surface area contributed by atoms with Gasteiger partial charge in [0.1, 0.15) is 28.9 Å². The molecule has 2 aliphatic carbocycles. The predicted molar refractivity (Wildman–Crippen MR) is 471 cm³/mol. The fourth-order valence-electron chi connectivity index (χ4n) is 16.2. The van der Waals surface area contributed by atoms with Crippen LogP contribution in [0.25, 0.3) is 22.1 Å². The number of aromatic nitrogens is 4. The molecule has 5 aromatic carbocycles.